The van der Waals surface area contributed by atoms with E-state index < -0.39 is 0 Å². The van der Waals surface area contributed by atoms with E-state index >= 15 is 0 Å². The van der Waals surface area contributed by atoms with Gasteiger partial charge in [0.15, 0.2) is 0 Å². The highest BCUT2D eigenvalue weighted by molar-refractivity contribution is 6.07. The number of hydrogen-bond acceptors (Lipinski definition) is 0. The van der Waals surface area contributed by atoms with Crippen LogP contribution in [0.3, 0.4) is 0 Å². The molecule has 1 heteroatoms. The molecule has 0 spiro atoms. The first-order chi connectivity index (χ1) is 11.4. The summed E-state index contributed by atoms with van der Waals surface area (Å²) in [4.78, 5) is 3.73. The summed E-state index contributed by atoms with van der Waals surface area (Å²) in [6.45, 7) is 0. The summed E-state index contributed by atoms with van der Waals surface area (Å²) in [6.07, 6.45) is 3.54. The molecule has 4 aromatic rings. The fraction of sp³-hybridized carbons (Fsp3) is 0.182. The number of benzene rings is 3. The molecule has 0 fully saturated rings. The van der Waals surface area contributed by atoms with Crippen LogP contribution in [0.2, 0.25) is 0 Å². The van der Waals surface area contributed by atoms with Crippen molar-refractivity contribution in [3.05, 3.63) is 83.6 Å². The lowest BCUT2D eigenvalue weighted by Crippen LogP contribution is -2.11. The quantitative estimate of drug-likeness (QED) is 0.471. The van der Waals surface area contributed by atoms with Crippen molar-refractivity contribution in [1.82, 2.24) is 4.98 Å². The summed E-state index contributed by atoms with van der Waals surface area (Å²) >= 11 is 0. The van der Waals surface area contributed by atoms with E-state index in [1.807, 2.05) is 0 Å². The number of H-pyrrole nitrogens is 1. The monoisotopic (exact) mass is 297 g/mol. The van der Waals surface area contributed by atoms with Crippen LogP contribution >= 0.6 is 0 Å². The van der Waals surface area contributed by atoms with E-state index in [2.05, 4.69) is 71.7 Å². The van der Waals surface area contributed by atoms with Gasteiger partial charge in [-0.3, -0.25) is 0 Å². The Morgan fingerprint density at radius 2 is 1.61 bits per heavy atom. The highest BCUT2D eigenvalue weighted by Crippen LogP contribution is 2.38. The minimum Gasteiger partial charge on any atom is -0.358 e. The van der Waals surface area contributed by atoms with E-state index in [1.54, 1.807) is 0 Å². The third kappa shape index (κ3) is 2.00. The molecule has 1 aliphatic rings. The smallest absolute Gasteiger partial charge is 0.0538 e. The lowest BCUT2D eigenvalue weighted by Gasteiger charge is -2.22. The van der Waals surface area contributed by atoms with Crippen molar-refractivity contribution in [3.63, 3.8) is 0 Å². The van der Waals surface area contributed by atoms with E-state index in [4.69, 9.17) is 0 Å². The molecule has 0 aliphatic heterocycles. The average Bonchev–Trinajstić information content (AvgIpc) is 3.01. The van der Waals surface area contributed by atoms with Gasteiger partial charge in [0.2, 0.25) is 0 Å². The molecule has 23 heavy (non-hydrogen) atoms. The normalized spacial score (nSPS) is 17.5. The lowest BCUT2D eigenvalue weighted by molar-refractivity contribution is 0.582. The van der Waals surface area contributed by atoms with E-state index in [1.165, 1.54) is 44.9 Å². The molecule has 0 amide bonds. The fourth-order valence-corrected chi connectivity index (χ4v) is 4.17. The Labute approximate surface area is 136 Å². The SMILES string of the molecule is c1ccc(C2CCc3[nH]c4c(ccc5ccccc54)c3C2)cc1. The van der Waals surface area contributed by atoms with Crippen LogP contribution in [-0.2, 0) is 12.8 Å². The van der Waals surface area contributed by atoms with Crippen LogP contribution in [0.25, 0.3) is 21.7 Å². The second kappa shape index (κ2) is 4.99. The van der Waals surface area contributed by atoms with Crippen molar-refractivity contribution in [2.45, 2.75) is 25.2 Å². The molecule has 1 N–H and O–H groups in total. The largest absolute Gasteiger partial charge is 0.358 e. The summed E-state index contributed by atoms with van der Waals surface area (Å²) in [5.74, 6) is 0.647. The summed E-state index contributed by atoms with van der Waals surface area (Å²) in [5, 5.41) is 4.08. The zero-order chi connectivity index (χ0) is 15.2. The van der Waals surface area contributed by atoms with Crippen molar-refractivity contribution in [2.24, 2.45) is 0 Å². The maximum absolute atomic E-state index is 3.73. The number of nitrogens with one attached hydrogen (secondary N) is 1. The van der Waals surface area contributed by atoms with Gasteiger partial charge in [0.1, 0.15) is 0 Å². The molecule has 5 rings (SSSR count). The molecule has 0 bridgehead atoms. The Kier molecular flexibility index (Phi) is 2.81. The van der Waals surface area contributed by atoms with E-state index in [9.17, 15) is 0 Å². The third-order valence-corrected chi connectivity index (χ3v) is 5.36. The topological polar surface area (TPSA) is 15.8 Å². The number of aryl methyl sites for hydroxylation is 1. The van der Waals surface area contributed by atoms with Gasteiger partial charge in [-0.15, -0.1) is 0 Å². The number of hydrogen-bond donors (Lipinski definition) is 1. The Bertz CT molecular complexity index is 995. The van der Waals surface area contributed by atoms with Crippen molar-refractivity contribution in [1.29, 1.82) is 0 Å². The van der Waals surface area contributed by atoms with Gasteiger partial charge in [-0.1, -0.05) is 66.7 Å². The summed E-state index contributed by atoms with van der Waals surface area (Å²) < 4.78 is 0. The van der Waals surface area contributed by atoms with Crippen LogP contribution in [0.4, 0.5) is 0 Å². The first kappa shape index (κ1) is 13.0. The van der Waals surface area contributed by atoms with E-state index in [0.717, 1.165) is 12.8 Å². The lowest BCUT2D eigenvalue weighted by atomic mass is 9.82. The molecule has 1 nitrogen and oxygen atoms in total. The van der Waals surface area contributed by atoms with Crippen LogP contribution in [0.1, 0.15) is 29.2 Å². The predicted molar refractivity (Wildman–Crippen MR) is 97.0 cm³/mol. The standard InChI is InChI=1S/C22H19N/c1-2-6-15(7-3-1)17-11-13-21-20(14-17)19-12-10-16-8-4-5-9-18(16)22(19)23-21/h1-10,12,17,23H,11,13-14H2. The summed E-state index contributed by atoms with van der Waals surface area (Å²) in [7, 11) is 0. The Morgan fingerprint density at radius 1 is 0.783 bits per heavy atom. The molecule has 1 heterocycles. The minimum absolute atomic E-state index is 0.647. The van der Waals surface area contributed by atoms with Gasteiger partial charge >= 0.3 is 0 Å². The van der Waals surface area contributed by atoms with Gasteiger partial charge in [0.25, 0.3) is 0 Å². The molecule has 1 atom stereocenters. The maximum atomic E-state index is 3.73. The molecular formula is C22H19N. The fourth-order valence-electron chi connectivity index (χ4n) is 4.17. The Balaban J connectivity index is 1.66. The Morgan fingerprint density at radius 3 is 2.52 bits per heavy atom. The molecule has 1 aromatic heterocycles. The zero-order valence-electron chi connectivity index (χ0n) is 13.0. The Hall–Kier alpha value is -2.54. The van der Waals surface area contributed by atoms with Gasteiger partial charge < -0.3 is 4.98 Å². The highest BCUT2D eigenvalue weighted by Gasteiger charge is 2.23. The first-order valence-electron chi connectivity index (χ1n) is 8.46. The predicted octanol–water partition coefficient (Wildman–Crippen LogP) is 5.59. The molecule has 1 unspecified atom stereocenters. The highest BCUT2D eigenvalue weighted by atomic mass is 14.7. The van der Waals surface area contributed by atoms with Crippen LogP contribution < -0.4 is 0 Å². The van der Waals surface area contributed by atoms with Crippen LogP contribution in [0.5, 0.6) is 0 Å². The third-order valence-electron chi connectivity index (χ3n) is 5.36. The zero-order valence-corrected chi connectivity index (χ0v) is 13.0. The summed E-state index contributed by atoms with van der Waals surface area (Å²) in [5.41, 5.74) is 5.78. The van der Waals surface area contributed by atoms with Crippen molar-refractivity contribution < 1.29 is 0 Å². The minimum atomic E-state index is 0.647. The second-order valence-corrected chi connectivity index (χ2v) is 6.64. The number of rotatable bonds is 1. The van der Waals surface area contributed by atoms with Gasteiger partial charge in [-0.2, -0.15) is 0 Å². The molecular weight excluding hydrogens is 278 g/mol. The van der Waals surface area contributed by atoms with Gasteiger partial charge in [-0.25, -0.2) is 0 Å². The van der Waals surface area contributed by atoms with E-state index in [0.29, 0.717) is 5.92 Å². The van der Waals surface area contributed by atoms with Crippen LogP contribution in [0, 0.1) is 0 Å². The second-order valence-electron chi connectivity index (χ2n) is 6.64. The first-order valence-corrected chi connectivity index (χ1v) is 8.46. The molecule has 3 aromatic carbocycles. The molecule has 1 aliphatic carbocycles. The maximum Gasteiger partial charge on any atom is 0.0538 e. The number of aromatic nitrogens is 1. The summed E-state index contributed by atoms with van der Waals surface area (Å²) in [6, 6.07) is 24.2. The van der Waals surface area contributed by atoms with Gasteiger partial charge in [-0.05, 0) is 41.7 Å². The molecule has 112 valence electrons. The van der Waals surface area contributed by atoms with Crippen molar-refractivity contribution in [3.8, 4) is 0 Å². The average molecular weight is 297 g/mol. The van der Waals surface area contributed by atoms with Crippen LogP contribution in [0.15, 0.2) is 66.7 Å². The van der Waals surface area contributed by atoms with Crippen LogP contribution in [-0.4, -0.2) is 4.98 Å². The molecule has 0 radical (unpaired) electrons. The van der Waals surface area contributed by atoms with Gasteiger partial charge in [0.05, 0.1) is 5.52 Å². The number of fused-ring (bicyclic) bond motifs is 5. The molecule has 0 saturated heterocycles. The van der Waals surface area contributed by atoms with Gasteiger partial charge in [0, 0.05) is 16.5 Å². The van der Waals surface area contributed by atoms with Crippen molar-refractivity contribution in [2.75, 3.05) is 0 Å². The molecule has 0 saturated carbocycles. The number of aromatic amines is 1. The van der Waals surface area contributed by atoms with E-state index in [-0.39, 0.29) is 0 Å². The van der Waals surface area contributed by atoms with Crippen molar-refractivity contribution >= 4 is 21.7 Å².